The predicted molar refractivity (Wildman–Crippen MR) is 89.7 cm³/mol. The van der Waals surface area contributed by atoms with Gasteiger partial charge in [0.2, 0.25) is 11.8 Å². The van der Waals surface area contributed by atoms with Crippen LogP contribution in [0.25, 0.3) is 0 Å². The maximum absolute atomic E-state index is 12.7. The zero-order valence-corrected chi connectivity index (χ0v) is 14.0. The first-order chi connectivity index (χ1) is 11.7. The molecule has 0 radical (unpaired) electrons. The smallest absolute Gasteiger partial charge is 0.225 e. The number of nitrogens with one attached hydrogen (secondary N) is 1. The molecule has 4 rings (SSSR count). The number of ether oxygens (including phenoxy) is 1. The summed E-state index contributed by atoms with van der Waals surface area (Å²) in [5.74, 6) is 1.26. The number of amides is 2. The first kappa shape index (κ1) is 15.5. The lowest BCUT2D eigenvalue weighted by atomic mass is 9.88. The third kappa shape index (κ3) is 3.12. The van der Waals surface area contributed by atoms with Crippen LogP contribution in [0.1, 0.15) is 37.2 Å². The molecule has 3 fully saturated rings. The van der Waals surface area contributed by atoms with E-state index >= 15 is 0 Å². The summed E-state index contributed by atoms with van der Waals surface area (Å²) in [6.45, 7) is 1.19. The molecule has 128 valence electrons. The van der Waals surface area contributed by atoms with Gasteiger partial charge in [0.05, 0.1) is 13.0 Å². The van der Waals surface area contributed by atoms with Crippen molar-refractivity contribution in [3.05, 3.63) is 29.8 Å². The Labute approximate surface area is 142 Å². The van der Waals surface area contributed by atoms with Crippen molar-refractivity contribution in [1.29, 1.82) is 0 Å². The molecule has 5 heteroatoms. The van der Waals surface area contributed by atoms with Crippen molar-refractivity contribution in [1.82, 2.24) is 10.2 Å². The molecule has 5 nitrogen and oxygen atoms in total. The second-order valence-electron chi connectivity index (χ2n) is 7.29. The van der Waals surface area contributed by atoms with E-state index in [-0.39, 0.29) is 29.6 Å². The molecule has 24 heavy (non-hydrogen) atoms. The third-order valence-electron chi connectivity index (χ3n) is 5.36. The van der Waals surface area contributed by atoms with Crippen LogP contribution in [0.5, 0.6) is 5.75 Å². The van der Waals surface area contributed by atoms with Gasteiger partial charge in [-0.2, -0.15) is 0 Å². The molecule has 0 spiro atoms. The number of hydrogen-bond acceptors (Lipinski definition) is 3. The van der Waals surface area contributed by atoms with Crippen LogP contribution < -0.4 is 10.1 Å². The van der Waals surface area contributed by atoms with Gasteiger partial charge in [0, 0.05) is 31.0 Å². The van der Waals surface area contributed by atoms with Crippen LogP contribution >= 0.6 is 0 Å². The molecule has 3 aliphatic rings. The molecule has 2 aliphatic carbocycles. The van der Waals surface area contributed by atoms with Gasteiger partial charge in [-0.25, -0.2) is 0 Å². The Kier molecular flexibility index (Phi) is 3.94. The molecule has 2 amide bonds. The Morgan fingerprint density at radius 2 is 1.79 bits per heavy atom. The monoisotopic (exact) mass is 328 g/mol. The lowest BCUT2D eigenvalue weighted by molar-refractivity contribution is -0.132. The molecule has 1 aromatic rings. The van der Waals surface area contributed by atoms with Crippen molar-refractivity contribution < 1.29 is 14.3 Å². The largest absolute Gasteiger partial charge is 0.497 e. The Balaban J connectivity index is 1.54. The summed E-state index contributed by atoms with van der Waals surface area (Å²) < 4.78 is 5.22. The summed E-state index contributed by atoms with van der Waals surface area (Å²) in [4.78, 5) is 27.1. The molecular formula is C19H24N2O3. The molecule has 0 bridgehead atoms. The highest BCUT2D eigenvalue weighted by Gasteiger charge is 2.44. The fourth-order valence-corrected chi connectivity index (χ4v) is 3.56. The number of carbonyl (C=O) groups excluding carboxylic acids is 2. The van der Waals surface area contributed by atoms with Crippen molar-refractivity contribution in [2.45, 2.75) is 37.6 Å². The average molecular weight is 328 g/mol. The molecular weight excluding hydrogens is 304 g/mol. The van der Waals surface area contributed by atoms with Crippen molar-refractivity contribution in [3.63, 3.8) is 0 Å². The van der Waals surface area contributed by atoms with Gasteiger partial charge in [-0.05, 0) is 43.4 Å². The number of methoxy groups -OCH3 is 1. The van der Waals surface area contributed by atoms with Gasteiger partial charge in [-0.3, -0.25) is 9.59 Å². The summed E-state index contributed by atoms with van der Waals surface area (Å²) >= 11 is 0. The molecule has 2 atom stereocenters. The van der Waals surface area contributed by atoms with Crippen LogP contribution in [0.3, 0.4) is 0 Å². The summed E-state index contributed by atoms with van der Waals surface area (Å²) in [6, 6.07) is 8.24. The van der Waals surface area contributed by atoms with Gasteiger partial charge in [0.15, 0.2) is 0 Å². The van der Waals surface area contributed by atoms with E-state index in [0.717, 1.165) is 37.0 Å². The zero-order chi connectivity index (χ0) is 16.7. The van der Waals surface area contributed by atoms with E-state index in [1.807, 2.05) is 29.2 Å². The van der Waals surface area contributed by atoms with E-state index < -0.39 is 0 Å². The van der Waals surface area contributed by atoms with E-state index in [1.54, 1.807) is 7.11 Å². The minimum Gasteiger partial charge on any atom is -0.497 e. The van der Waals surface area contributed by atoms with Crippen LogP contribution in [0, 0.1) is 11.8 Å². The van der Waals surface area contributed by atoms with Gasteiger partial charge >= 0.3 is 0 Å². The fraction of sp³-hybridized carbons (Fsp3) is 0.579. The second kappa shape index (κ2) is 6.11. The van der Waals surface area contributed by atoms with E-state index in [4.69, 9.17) is 4.74 Å². The van der Waals surface area contributed by atoms with E-state index in [0.29, 0.717) is 19.1 Å². The number of benzene rings is 1. The van der Waals surface area contributed by atoms with Crippen molar-refractivity contribution in [2.24, 2.45) is 11.8 Å². The molecule has 0 aromatic heterocycles. The Morgan fingerprint density at radius 1 is 1.08 bits per heavy atom. The van der Waals surface area contributed by atoms with Crippen LogP contribution in [0.2, 0.25) is 0 Å². The molecule has 1 aromatic carbocycles. The number of likely N-dealkylation sites (tertiary alicyclic amines) is 1. The summed E-state index contributed by atoms with van der Waals surface area (Å²) in [6.07, 6.45) is 4.16. The second-order valence-corrected chi connectivity index (χ2v) is 7.29. The SMILES string of the molecule is COc1ccc(C2CN(C(=O)C3CC3)CC2C(=O)NC2CC2)cc1. The Hall–Kier alpha value is -2.04. The van der Waals surface area contributed by atoms with Crippen LogP contribution in [0.4, 0.5) is 0 Å². The molecule has 1 N–H and O–H groups in total. The van der Waals surface area contributed by atoms with Gasteiger partial charge in [-0.1, -0.05) is 12.1 Å². The fourth-order valence-electron chi connectivity index (χ4n) is 3.56. The topological polar surface area (TPSA) is 58.6 Å². The van der Waals surface area contributed by atoms with Gasteiger partial charge in [0.1, 0.15) is 5.75 Å². The molecule has 2 saturated carbocycles. The van der Waals surface area contributed by atoms with Gasteiger partial charge in [-0.15, -0.1) is 0 Å². The third-order valence-corrected chi connectivity index (χ3v) is 5.36. The normalized spacial score (nSPS) is 26.3. The Morgan fingerprint density at radius 3 is 2.38 bits per heavy atom. The van der Waals surface area contributed by atoms with Gasteiger partial charge in [0.25, 0.3) is 0 Å². The van der Waals surface area contributed by atoms with E-state index in [1.165, 1.54) is 0 Å². The summed E-state index contributed by atoms with van der Waals surface area (Å²) in [5.41, 5.74) is 1.11. The van der Waals surface area contributed by atoms with Gasteiger partial charge < -0.3 is 15.0 Å². The average Bonchev–Trinajstić information content (AvgIpc) is 3.53. The first-order valence-electron chi connectivity index (χ1n) is 8.89. The van der Waals surface area contributed by atoms with Crippen LogP contribution in [0.15, 0.2) is 24.3 Å². The van der Waals surface area contributed by atoms with E-state index in [2.05, 4.69) is 5.32 Å². The van der Waals surface area contributed by atoms with Crippen LogP contribution in [-0.2, 0) is 9.59 Å². The minimum absolute atomic E-state index is 0.0670. The van der Waals surface area contributed by atoms with Crippen molar-refractivity contribution in [3.8, 4) is 5.75 Å². The molecule has 1 aliphatic heterocycles. The number of rotatable bonds is 5. The highest BCUT2D eigenvalue weighted by atomic mass is 16.5. The summed E-state index contributed by atoms with van der Waals surface area (Å²) in [7, 11) is 1.65. The maximum Gasteiger partial charge on any atom is 0.225 e. The number of hydrogen-bond donors (Lipinski definition) is 1. The zero-order valence-electron chi connectivity index (χ0n) is 14.0. The summed E-state index contributed by atoms with van der Waals surface area (Å²) in [5, 5.41) is 3.12. The first-order valence-corrected chi connectivity index (χ1v) is 8.89. The predicted octanol–water partition coefficient (Wildman–Crippen LogP) is 1.93. The lowest BCUT2D eigenvalue weighted by Gasteiger charge is -2.18. The highest BCUT2D eigenvalue weighted by molar-refractivity contribution is 5.85. The van der Waals surface area contributed by atoms with Crippen molar-refractivity contribution >= 4 is 11.8 Å². The minimum atomic E-state index is -0.151. The highest BCUT2D eigenvalue weighted by Crippen LogP contribution is 2.38. The maximum atomic E-state index is 12.7. The van der Waals surface area contributed by atoms with E-state index in [9.17, 15) is 9.59 Å². The molecule has 1 heterocycles. The quantitative estimate of drug-likeness (QED) is 0.898. The van der Waals surface area contributed by atoms with Crippen LogP contribution in [-0.4, -0.2) is 43.0 Å². The lowest BCUT2D eigenvalue weighted by Crippen LogP contribution is -2.36. The Bertz CT molecular complexity index is 635. The molecule has 2 unspecified atom stereocenters. The number of carbonyl (C=O) groups is 2. The number of nitrogens with zero attached hydrogens (tertiary/aromatic N) is 1. The molecule has 1 saturated heterocycles. The standard InChI is InChI=1S/C19H24N2O3/c1-24-15-8-4-12(5-9-15)16-10-21(19(23)13-2-3-13)11-17(16)18(22)20-14-6-7-14/h4-5,8-9,13-14,16-17H,2-3,6-7,10-11H2,1H3,(H,20,22). The van der Waals surface area contributed by atoms with Crippen molar-refractivity contribution in [2.75, 3.05) is 20.2 Å².